The van der Waals surface area contributed by atoms with E-state index in [0.29, 0.717) is 22.2 Å². The second-order valence-corrected chi connectivity index (χ2v) is 6.23. The van der Waals surface area contributed by atoms with Crippen LogP contribution in [0.15, 0.2) is 36.4 Å². The van der Waals surface area contributed by atoms with Crippen LogP contribution in [0, 0.1) is 0 Å². The zero-order valence-corrected chi connectivity index (χ0v) is 14.6. The quantitative estimate of drug-likeness (QED) is 0.757. The topological polar surface area (TPSA) is 60.5 Å². The fourth-order valence-electron chi connectivity index (χ4n) is 2.39. The van der Waals surface area contributed by atoms with Gasteiger partial charge in [0.15, 0.2) is 16.6 Å². The number of ether oxygens (including phenoxy) is 2. The lowest BCUT2D eigenvalue weighted by Gasteiger charge is -2.09. The molecule has 6 heteroatoms. The van der Waals surface area contributed by atoms with Crippen molar-refractivity contribution in [3.05, 3.63) is 47.5 Å². The van der Waals surface area contributed by atoms with Crippen LogP contribution in [0.5, 0.6) is 11.5 Å². The van der Waals surface area contributed by atoms with E-state index in [-0.39, 0.29) is 5.91 Å². The van der Waals surface area contributed by atoms with Crippen molar-refractivity contribution in [1.29, 1.82) is 0 Å². The first-order valence-corrected chi connectivity index (χ1v) is 8.39. The van der Waals surface area contributed by atoms with Crippen molar-refractivity contribution in [2.75, 3.05) is 19.5 Å². The third-order valence-electron chi connectivity index (χ3n) is 3.73. The smallest absolute Gasteiger partial charge is 0.257 e. The molecule has 0 saturated heterocycles. The van der Waals surface area contributed by atoms with Crippen LogP contribution in [-0.4, -0.2) is 25.1 Å². The van der Waals surface area contributed by atoms with Gasteiger partial charge in [0.1, 0.15) is 0 Å². The predicted octanol–water partition coefficient (Wildman–Crippen LogP) is 4.13. The number of methoxy groups -OCH3 is 2. The van der Waals surface area contributed by atoms with Gasteiger partial charge in [-0.2, -0.15) is 0 Å². The lowest BCUT2D eigenvalue weighted by molar-refractivity contribution is 0.102. The van der Waals surface area contributed by atoms with Crippen LogP contribution in [0.4, 0.5) is 5.13 Å². The largest absolute Gasteiger partial charge is 0.493 e. The number of aryl methyl sites for hydroxylation is 1. The maximum Gasteiger partial charge on any atom is 0.257 e. The molecule has 124 valence electrons. The average molecular weight is 342 g/mol. The number of carbonyl (C=O) groups excluding carboxylic acids is 1. The van der Waals surface area contributed by atoms with Gasteiger partial charge in [0.05, 0.1) is 24.4 Å². The maximum atomic E-state index is 12.4. The summed E-state index contributed by atoms with van der Waals surface area (Å²) in [6, 6.07) is 11.2. The number of aromatic nitrogens is 1. The first-order chi connectivity index (χ1) is 11.6. The fourth-order valence-corrected chi connectivity index (χ4v) is 3.31. The predicted molar refractivity (Wildman–Crippen MR) is 96.5 cm³/mol. The normalized spacial score (nSPS) is 10.6. The molecule has 0 fully saturated rings. The van der Waals surface area contributed by atoms with Gasteiger partial charge in [0.2, 0.25) is 0 Å². The number of hydrogen-bond acceptors (Lipinski definition) is 5. The van der Waals surface area contributed by atoms with Gasteiger partial charge in [0.25, 0.3) is 5.91 Å². The Morgan fingerprint density at radius 3 is 2.62 bits per heavy atom. The number of benzene rings is 2. The van der Waals surface area contributed by atoms with Crippen LogP contribution < -0.4 is 14.8 Å². The molecule has 0 aliphatic carbocycles. The third-order valence-corrected chi connectivity index (χ3v) is 4.66. The Bertz CT molecular complexity index is 889. The van der Waals surface area contributed by atoms with Gasteiger partial charge in [-0.3, -0.25) is 10.1 Å². The first-order valence-electron chi connectivity index (χ1n) is 7.57. The summed E-state index contributed by atoms with van der Waals surface area (Å²) >= 11 is 1.47. The molecule has 0 unspecified atom stereocenters. The second kappa shape index (κ2) is 6.88. The first kappa shape index (κ1) is 16.3. The Balaban J connectivity index is 1.84. The molecule has 0 spiro atoms. The molecule has 0 aliphatic heterocycles. The van der Waals surface area contributed by atoms with Crippen molar-refractivity contribution in [2.45, 2.75) is 13.3 Å². The van der Waals surface area contributed by atoms with E-state index in [1.807, 2.05) is 6.07 Å². The molecule has 0 radical (unpaired) electrons. The van der Waals surface area contributed by atoms with E-state index in [1.165, 1.54) is 16.9 Å². The van der Waals surface area contributed by atoms with Crippen molar-refractivity contribution < 1.29 is 14.3 Å². The Morgan fingerprint density at radius 2 is 1.92 bits per heavy atom. The Kier molecular flexibility index (Phi) is 4.66. The Hall–Kier alpha value is -2.60. The summed E-state index contributed by atoms with van der Waals surface area (Å²) in [5.74, 6) is 0.869. The number of fused-ring (bicyclic) bond motifs is 1. The number of thiazole rings is 1. The minimum atomic E-state index is -0.231. The maximum absolute atomic E-state index is 12.4. The van der Waals surface area contributed by atoms with Crippen LogP contribution in [0.3, 0.4) is 0 Å². The Labute approximate surface area is 144 Å². The summed E-state index contributed by atoms with van der Waals surface area (Å²) < 4.78 is 11.5. The van der Waals surface area contributed by atoms with Gasteiger partial charge in [-0.15, -0.1) is 0 Å². The fraction of sp³-hybridized carbons (Fsp3) is 0.222. The molecule has 24 heavy (non-hydrogen) atoms. The third kappa shape index (κ3) is 3.19. The van der Waals surface area contributed by atoms with Gasteiger partial charge >= 0.3 is 0 Å². The van der Waals surface area contributed by atoms with Crippen molar-refractivity contribution in [1.82, 2.24) is 4.98 Å². The van der Waals surface area contributed by atoms with Crippen LogP contribution in [0.2, 0.25) is 0 Å². The molecule has 1 N–H and O–H groups in total. The average Bonchev–Trinajstić information content (AvgIpc) is 3.02. The highest BCUT2D eigenvalue weighted by molar-refractivity contribution is 7.22. The van der Waals surface area contributed by atoms with Crippen LogP contribution >= 0.6 is 11.3 Å². The van der Waals surface area contributed by atoms with E-state index in [1.54, 1.807) is 32.4 Å². The van der Waals surface area contributed by atoms with Crippen LogP contribution in [0.25, 0.3) is 10.2 Å². The number of nitrogens with one attached hydrogen (secondary N) is 1. The van der Waals surface area contributed by atoms with Gasteiger partial charge in [-0.1, -0.05) is 24.3 Å². The molecule has 0 saturated carbocycles. The molecule has 0 bridgehead atoms. The highest BCUT2D eigenvalue weighted by Crippen LogP contribution is 2.30. The standard InChI is InChI=1S/C18H18N2O3S/c1-4-11-5-7-13-16(9-11)24-18(19-13)20-17(21)12-6-8-14(22-2)15(10-12)23-3/h5-10H,4H2,1-3H3,(H,19,20,21). The summed E-state index contributed by atoms with van der Waals surface area (Å²) in [6.07, 6.45) is 0.973. The zero-order chi connectivity index (χ0) is 17.1. The summed E-state index contributed by atoms with van der Waals surface area (Å²) in [5, 5.41) is 3.43. The van der Waals surface area contributed by atoms with Gasteiger partial charge in [0, 0.05) is 5.56 Å². The minimum Gasteiger partial charge on any atom is -0.493 e. The SMILES string of the molecule is CCc1ccc2nc(NC(=O)c3ccc(OC)c(OC)c3)sc2c1. The molecular weight excluding hydrogens is 324 g/mol. The molecule has 0 atom stereocenters. The number of hydrogen-bond donors (Lipinski definition) is 1. The monoisotopic (exact) mass is 342 g/mol. The minimum absolute atomic E-state index is 0.231. The summed E-state index contributed by atoms with van der Waals surface area (Å²) in [7, 11) is 3.10. The molecule has 2 aromatic carbocycles. The molecule has 1 heterocycles. The van der Waals surface area contributed by atoms with E-state index in [4.69, 9.17) is 9.47 Å². The molecule has 3 rings (SSSR count). The van der Waals surface area contributed by atoms with Crippen molar-refractivity contribution in [3.8, 4) is 11.5 Å². The number of carbonyl (C=O) groups is 1. The number of nitrogens with zero attached hydrogens (tertiary/aromatic N) is 1. The molecule has 1 aromatic heterocycles. The van der Waals surface area contributed by atoms with Crippen molar-refractivity contribution in [3.63, 3.8) is 0 Å². The van der Waals surface area contributed by atoms with Gasteiger partial charge < -0.3 is 9.47 Å². The number of anilines is 1. The van der Waals surface area contributed by atoms with Gasteiger partial charge in [-0.25, -0.2) is 4.98 Å². The second-order valence-electron chi connectivity index (χ2n) is 5.20. The number of rotatable bonds is 5. The van der Waals surface area contributed by atoms with Crippen molar-refractivity contribution >= 4 is 32.6 Å². The molecule has 5 nitrogen and oxygen atoms in total. The molecule has 0 aliphatic rings. The highest BCUT2D eigenvalue weighted by Gasteiger charge is 2.13. The summed E-state index contributed by atoms with van der Waals surface area (Å²) in [4.78, 5) is 16.9. The van der Waals surface area contributed by atoms with E-state index in [2.05, 4.69) is 29.4 Å². The van der Waals surface area contributed by atoms with E-state index < -0.39 is 0 Å². The highest BCUT2D eigenvalue weighted by atomic mass is 32.1. The van der Waals surface area contributed by atoms with Gasteiger partial charge in [-0.05, 0) is 42.3 Å². The van der Waals surface area contributed by atoms with Crippen LogP contribution in [-0.2, 0) is 6.42 Å². The molecule has 3 aromatic rings. The molecular formula is C18H18N2O3S. The lowest BCUT2D eigenvalue weighted by Crippen LogP contribution is -2.11. The summed E-state index contributed by atoms with van der Waals surface area (Å²) in [5.41, 5.74) is 2.63. The van der Waals surface area contributed by atoms with Crippen LogP contribution in [0.1, 0.15) is 22.8 Å². The zero-order valence-electron chi connectivity index (χ0n) is 13.8. The number of amides is 1. The summed E-state index contributed by atoms with van der Waals surface area (Å²) in [6.45, 7) is 2.11. The molecule has 1 amide bonds. The van der Waals surface area contributed by atoms with E-state index in [0.717, 1.165) is 16.6 Å². The van der Waals surface area contributed by atoms with E-state index in [9.17, 15) is 4.79 Å². The lowest BCUT2D eigenvalue weighted by atomic mass is 10.2. The van der Waals surface area contributed by atoms with E-state index >= 15 is 0 Å². The Morgan fingerprint density at radius 1 is 1.12 bits per heavy atom. The van der Waals surface area contributed by atoms with Crippen molar-refractivity contribution in [2.24, 2.45) is 0 Å².